The van der Waals surface area contributed by atoms with Crippen LogP contribution in [0.5, 0.6) is 11.5 Å². The number of benzene rings is 2. The Balaban J connectivity index is 1.99. The molecule has 0 saturated carbocycles. The van der Waals surface area contributed by atoms with E-state index in [1.54, 1.807) is 6.92 Å². The van der Waals surface area contributed by atoms with Crippen LogP contribution in [0.25, 0.3) is 0 Å². The van der Waals surface area contributed by atoms with Crippen molar-refractivity contribution in [3.05, 3.63) is 60.2 Å². The van der Waals surface area contributed by atoms with Crippen LogP contribution in [0.15, 0.2) is 54.6 Å². The van der Waals surface area contributed by atoms with Crippen LogP contribution in [0.1, 0.15) is 25.8 Å². The molecule has 0 spiro atoms. The fraction of sp³-hybridized carbons (Fsp3) is 0.278. The van der Waals surface area contributed by atoms with Gasteiger partial charge in [-0.05, 0) is 43.2 Å². The van der Waals surface area contributed by atoms with E-state index in [-0.39, 0.29) is 5.91 Å². The van der Waals surface area contributed by atoms with Crippen molar-refractivity contribution in [2.24, 2.45) is 0 Å². The Hall–Kier alpha value is -2.33. The predicted octanol–water partition coefficient (Wildman–Crippen LogP) is 3.21. The molecule has 1 atom stereocenters. The van der Waals surface area contributed by atoms with Crippen molar-refractivity contribution in [2.45, 2.75) is 25.9 Å². The fourth-order valence-electron chi connectivity index (χ4n) is 2.13. The van der Waals surface area contributed by atoms with Crippen LogP contribution in [-0.4, -0.2) is 17.6 Å². The summed E-state index contributed by atoms with van der Waals surface area (Å²) >= 11 is 0. The molecule has 2 aromatic rings. The maximum Gasteiger partial charge on any atom is 0.216 e. The van der Waals surface area contributed by atoms with Crippen molar-refractivity contribution in [1.29, 1.82) is 0 Å². The first-order valence-electron chi connectivity index (χ1n) is 7.28. The van der Waals surface area contributed by atoms with Gasteiger partial charge in [-0.2, -0.15) is 0 Å². The van der Waals surface area contributed by atoms with Crippen LogP contribution in [0.4, 0.5) is 0 Å². The molecule has 1 unspecified atom stereocenters. The highest BCUT2D eigenvalue weighted by atomic mass is 16.5. The van der Waals surface area contributed by atoms with Crippen LogP contribution in [0.3, 0.4) is 0 Å². The third-order valence-corrected chi connectivity index (χ3v) is 3.44. The Morgan fingerprint density at radius 1 is 1.09 bits per heavy atom. The zero-order chi connectivity index (χ0) is 16.0. The summed E-state index contributed by atoms with van der Waals surface area (Å²) in [4.78, 5) is 10.9. The summed E-state index contributed by atoms with van der Waals surface area (Å²) in [7, 11) is 0. The van der Waals surface area contributed by atoms with Crippen molar-refractivity contribution in [2.75, 3.05) is 6.54 Å². The van der Waals surface area contributed by atoms with Crippen molar-refractivity contribution in [3.8, 4) is 11.5 Å². The first-order chi connectivity index (χ1) is 10.5. The van der Waals surface area contributed by atoms with Gasteiger partial charge in [0.15, 0.2) is 0 Å². The molecule has 0 aliphatic heterocycles. The number of rotatable bonds is 6. The summed E-state index contributed by atoms with van der Waals surface area (Å²) in [5, 5.41) is 13.2. The first kappa shape index (κ1) is 16.0. The minimum absolute atomic E-state index is 0.0950. The third-order valence-electron chi connectivity index (χ3n) is 3.44. The van der Waals surface area contributed by atoms with Gasteiger partial charge in [-0.1, -0.05) is 30.3 Å². The van der Waals surface area contributed by atoms with Gasteiger partial charge in [-0.15, -0.1) is 0 Å². The lowest BCUT2D eigenvalue weighted by Gasteiger charge is -2.24. The zero-order valence-electron chi connectivity index (χ0n) is 12.9. The highest BCUT2D eigenvalue weighted by Crippen LogP contribution is 2.27. The molecule has 0 heterocycles. The van der Waals surface area contributed by atoms with Crippen LogP contribution in [0, 0.1) is 0 Å². The minimum Gasteiger partial charge on any atom is -0.457 e. The molecule has 0 aliphatic carbocycles. The lowest BCUT2D eigenvalue weighted by molar-refractivity contribution is -0.119. The van der Waals surface area contributed by atoms with Gasteiger partial charge < -0.3 is 15.2 Å². The second kappa shape index (κ2) is 7.09. The van der Waals surface area contributed by atoms with E-state index in [2.05, 4.69) is 5.32 Å². The van der Waals surface area contributed by atoms with Gasteiger partial charge >= 0.3 is 0 Å². The molecule has 116 valence electrons. The van der Waals surface area contributed by atoms with E-state index in [4.69, 9.17) is 4.74 Å². The third kappa shape index (κ3) is 4.60. The number of ether oxygens (including phenoxy) is 1. The van der Waals surface area contributed by atoms with Crippen LogP contribution >= 0.6 is 0 Å². The Kier molecular flexibility index (Phi) is 5.17. The summed E-state index contributed by atoms with van der Waals surface area (Å²) < 4.78 is 5.72. The number of nitrogens with one attached hydrogen (secondary N) is 1. The van der Waals surface area contributed by atoms with E-state index in [0.717, 1.165) is 11.3 Å². The number of hydrogen-bond donors (Lipinski definition) is 2. The van der Waals surface area contributed by atoms with Gasteiger partial charge in [-0.3, -0.25) is 4.79 Å². The molecule has 0 radical (unpaired) electrons. The average molecular weight is 299 g/mol. The van der Waals surface area contributed by atoms with E-state index < -0.39 is 5.60 Å². The second-order valence-electron chi connectivity index (χ2n) is 5.45. The number of carbonyl (C=O) groups excluding carboxylic acids is 1. The van der Waals surface area contributed by atoms with Crippen LogP contribution in [-0.2, 0) is 10.4 Å². The summed E-state index contributed by atoms with van der Waals surface area (Å²) in [6, 6.07) is 16.9. The molecule has 2 rings (SSSR count). The molecule has 22 heavy (non-hydrogen) atoms. The SMILES string of the molecule is CC(=O)NCCC(C)(O)c1ccc(Oc2ccccc2)cc1. The van der Waals surface area contributed by atoms with Crippen molar-refractivity contribution >= 4 is 5.91 Å². The quantitative estimate of drug-likeness (QED) is 0.861. The van der Waals surface area contributed by atoms with Gasteiger partial charge in [0.1, 0.15) is 11.5 Å². The van der Waals surface area contributed by atoms with Gasteiger partial charge in [-0.25, -0.2) is 0 Å². The lowest BCUT2D eigenvalue weighted by atomic mass is 9.92. The molecule has 2 aromatic carbocycles. The molecule has 0 bridgehead atoms. The number of para-hydroxylation sites is 1. The van der Waals surface area contributed by atoms with Crippen molar-refractivity contribution in [3.63, 3.8) is 0 Å². The number of hydrogen-bond acceptors (Lipinski definition) is 3. The highest BCUT2D eigenvalue weighted by molar-refractivity contribution is 5.72. The Bertz CT molecular complexity index is 606. The molecule has 0 saturated heterocycles. The molecular formula is C18H21NO3. The molecule has 0 fully saturated rings. The van der Waals surface area contributed by atoms with Gasteiger partial charge in [0, 0.05) is 13.5 Å². The number of carbonyl (C=O) groups is 1. The molecule has 0 aliphatic rings. The molecule has 2 N–H and O–H groups in total. The van der Waals surface area contributed by atoms with Crippen LogP contribution < -0.4 is 10.1 Å². The zero-order valence-corrected chi connectivity index (χ0v) is 12.9. The summed E-state index contributed by atoms with van der Waals surface area (Å²) in [6.45, 7) is 3.64. The molecule has 1 amide bonds. The topological polar surface area (TPSA) is 58.6 Å². The summed E-state index contributed by atoms with van der Waals surface area (Å²) in [5.74, 6) is 1.39. The number of amides is 1. The highest BCUT2D eigenvalue weighted by Gasteiger charge is 2.22. The molecule has 4 nitrogen and oxygen atoms in total. The lowest BCUT2D eigenvalue weighted by Crippen LogP contribution is -2.29. The van der Waals surface area contributed by atoms with E-state index in [9.17, 15) is 9.90 Å². The van der Waals surface area contributed by atoms with Gasteiger partial charge in [0.25, 0.3) is 0 Å². The second-order valence-corrected chi connectivity index (χ2v) is 5.45. The molecule has 0 aromatic heterocycles. The molecular weight excluding hydrogens is 278 g/mol. The van der Waals surface area contributed by atoms with Crippen molar-refractivity contribution in [1.82, 2.24) is 5.32 Å². The minimum atomic E-state index is -0.992. The fourth-order valence-corrected chi connectivity index (χ4v) is 2.13. The molecule has 4 heteroatoms. The normalized spacial score (nSPS) is 13.2. The Morgan fingerprint density at radius 3 is 2.27 bits per heavy atom. The number of aliphatic hydroxyl groups is 1. The monoisotopic (exact) mass is 299 g/mol. The smallest absolute Gasteiger partial charge is 0.216 e. The van der Waals surface area contributed by atoms with E-state index in [1.807, 2.05) is 54.6 Å². The van der Waals surface area contributed by atoms with Gasteiger partial charge in [0.05, 0.1) is 5.60 Å². The van der Waals surface area contributed by atoms with Crippen molar-refractivity contribution < 1.29 is 14.6 Å². The van der Waals surface area contributed by atoms with E-state index in [0.29, 0.717) is 18.7 Å². The Morgan fingerprint density at radius 2 is 1.68 bits per heavy atom. The summed E-state index contributed by atoms with van der Waals surface area (Å²) in [6.07, 6.45) is 0.450. The van der Waals surface area contributed by atoms with E-state index >= 15 is 0 Å². The largest absolute Gasteiger partial charge is 0.457 e. The van der Waals surface area contributed by atoms with E-state index in [1.165, 1.54) is 6.92 Å². The maximum absolute atomic E-state index is 10.9. The first-order valence-corrected chi connectivity index (χ1v) is 7.28. The standard InChI is InChI=1S/C18H21NO3/c1-14(20)19-13-12-18(2,21)15-8-10-17(11-9-15)22-16-6-4-3-5-7-16/h3-11,21H,12-13H2,1-2H3,(H,19,20). The predicted molar refractivity (Wildman–Crippen MR) is 85.8 cm³/mol. The summed E-state index contributed by atoms with van der Waals surface area (Å²) in [5.41, 5.74) is -0.202. The Labute approximate surface area is 130 Å². The van der Waals surface area contributed by atoms with Crippen LogP contribution in [0.2, 0.25) is 0 Å². The average Bonchev–Trinajstić information content (AvgIpc) is 2.48. The van der Waals surface area contributed by atoms with Gasteiger partial charge in [0.2, 0.25) is 5.91 Å². The maximum atomic E-state index is 10.9.